The summed E-state index contributed by atoms with van der Waals surface area (Å²) in [5, 5.41) is 43.3. The number of rotatable bonds is 10. The molecule has 0 spiro atoms. The van der Waals surface area contributed by atoms with E-state index in [1.165, 1.54) is 20.8 Å². The molecule has 0 saturated carbocycles. The number of aliphatic carboxylic acids is 1. The monoisotopic (exact) mass is 378 g/mol. The summed E-state index contributed by atoms with van der Waals surface area (Å²) in [6, 6.07) is -5.65. The van der Waals surface area contributed by atoms with E-state index in [2.05, 4.69) is 16.0 Å². The van der Waals surface area contributed by atoms with Crippen molar-refractivity contribution in [1.29, 1.82) is 0 Å². The third-order valence-electron chi connectivity index (χ3n) is 3.39. The second kappa shape index (κ2) is 10.7. The van der Waals surface area contributed by atoms with Crippen molar-refractivity contribution in [2.75, 3.05) is 6.61 Å². The predicted molar refractivity (Wildman–Crippen MR) is 87.5 cm³/mol. The van der Waals surface area contributed by atoms with Crippen molar-refractivity contribution >= 4 is 23.7 Å². The van der Waals surface area contributed by atoms with Crippen LogP contribution in [-0.2, 0) is 19.2 Å². The highest BCUT2D eigenvalue weighted by molar-refractivity contribution is 5.94. The van der Waals surface area contributed by atoms with Gasteiger partial charge in [-0.05, 0) is 20.8 Å². The Morgan fingerprint density at radius 2 is 1.23 bits per heavy atom. The molecule has 0 saturated heterocycles. The molecule has 0 unspecified atom stereocenters. The van der Waals surface area contributed by atoms with Crippen LogP contribution in [0.15, 0.2) is 0 Å². The Kier molecular flexibility index (Phi) is 9.72. The molecule has 0 aliphatic carbocycles. The molecular formula is C14H26N4O8. The molecule has 0 aromatic rings. The number of aliphatic hydroxyl groups excluding tert-OH is 3. The number of nitrogens with one attached hydrogen (secondary N) is 3. The fourth-order valence-corrected chi connectivity index (χ4v) is 1.76. The van der Waals surface area contributed by atoms with Crippen molar-refractivity contribution in [1.82, 2.24) is 16.0 Å². The van der Waals surface area contributed by atoms with E-state index in [0.29, 0.717) is 0 Å². The van der Waals surface area contributed by atoms with Gasteiger partial charge in [0.05, 0.1) is 18.8 Å². The van der Waals surface area contributed by atoms with Crippen LogP contribution in [0.5, 0.6) is 0 Å². The molecule has 0 radical (unpaired) electrons. The molecule has 26 heavy (non-hydrogen) atoms. The summed E-state index contributed by atoms with van der Waals surface area (Å²) in [5.41, 5.74) is 5.31. The van der Waals surface area contributed by atoms with Gasteiger partial charge in [-0.3, -0.25) is 19.2 Å². The maximum Gasteiger partial charge on any atom is 0.325 e. The molecule has 0 aliphatic rings. The van der Waals surface area contributed by atoms with Gasteiger partial charge in [-0.2, -0.15) is 0 Å². The molecule has 6 atom stereocenters. The molecule has 0 aromatic carbocycles. The normalized spacial score (nSPS) is 17.8. The van der Waals surface area contributed by atoms with Gasteiger partial charge in [0.15, 0.2) is 0 Å². The second-order valence-corrected chi connectivity index (χ2v) is 5.81. The average Bonchev–Trinajstić information content (AvgIpc) is 2.55. The molecule has 0 aromatic heterocycles. The third kappa shape index (κ3) is 7.31. The molecule has 0 rings (SSSR count). The summed E-state index contributed by atoms with van der Waals surface area (Å²) >= 11 is 0. The highest BCUT2D eigenvalue weighted by Crippen LogP contribution is 2.00. The Morgan fingerprint density at radius 3 is 1.58 bits per heavy atom. The van der Waals surface area contributed by atoms with Gasteiger partial charge in [-0.25, -0.2) is 0 Å². The van der Waals surface area contributed by atoms with Crippen molar-refractivity contribution < 1.29 is 39.6 Å². The fraction of sp³-hybridized carbons (Fsp3) is 0.714. The van der Waals surface area contributed by atoms with Gasteiger partial charge in [0.1, 0.15) is 24.2 Å². The number of carbonyl (C=O) groups excluding carboxylic acids is 3. The number of carbonyl (C=O) groups is 4. The number of carboxylic acids is 1. The van der Waals surface area contributed by atoms with Gasteiger partial charge in [-0.15, -0.1) is 0 Å². The van der Waals surface area contributed by atoms with Gasteiger partial charge >= 0.3 is 5.97 Å². The Morgan fingerprint density at radius 1 is 0.846 bits per heavy atom. The lowest BCUT2D eigenvalue weighted by atomic mass is 10.1. The van der Waals surface area contributed by atoms with Crippen molar-refractivity contribution in [2.45, 2.75) is 57.1 Å². The maximum absolute atomic E-state index is 12.3. The molecule has 12 heteroatoms. The zero-order valence-electron chi connectivity index (χ0n) is 14.7. The lowest BCUT2D eigenvalue weighted by molar-refractivity contribution is -0.142. The highest BCUT2D eigenvalue weighted by Gasteiger charge is 2.33. The van der Waals surface area contributed by atoms with E-state index >= 15 is 0 Å². The first-order valence-corrected chi connectivity index (χ1v) is 7.78. The highest BCUT2D eigenvalue weighted by atomic mass is 16.4. The Balaban J connectivity index is 5.17. The van der Waals surface area contributed by atoms with Gasteiger partial charge in [-0.1, -0.05) is 0 Å². The number of aliphatic hydroxyl groups is 3. The third-order valence-corrected chi connectivity index (χ3v) is 3.39. The van der Waals surface area contributed by atoms with E-state index in [1.54, 1.807) is 0 Å². The molecule has 150 valence electrons. The van der Waals surface area contributed by atoms with Crippen LogP contribution >= 0.6 is 0 Å². The summed E-state index contributed by atoms with van der Waals surface area (Å²) in [6.45, 7) is 2.88. The molecule has 0 heterocycles. The molecule has 0 fully saturated rings. The Hall–Kier alpha value is -2.28. The largest absolute Gasteiger partial charge is 0.480 e. The van der Waals surface area contributed by atoms with Crippen LogP contribution in [0.4, 0.5) is 0 Å². The Labute approximate surface area is 149 Å². The van der Waals surface area contributed by atoms with Crippen LogP contribution in [0.25, 0.3) is 0 Å². The average molecular weight is 378 g/mol. The van der Waals surface area contributed by atoms with Crippen LogP contribution in [-0.4, -0.2) is 87.1 Å². The van der Waals surface area contributed by atoms with Crippen molar-refractivity contribution in [2.24, 2.45) is 5.73 Å². The molecular weight excluding hydrogens is 352 g/mol. The summed E-state index contributed by atoms with van der Waals surface area (Å²) in [6.07, 6.45) is -2.79. The zero-order valence-corrected chi connectivity index (χ0v) is 14.7. The van der Waals surface area contributed by atoms with E-state index in [9.17, 15) is 29.4 Å². The Bertz CT molecular complexity index is 525. The van der Waals surface area contributed by atoms with Crippen LogP contribution in [0.1, 0.15) is 20.8 Å². The van der Waals surface area contributed by atoms with E-state index in [0.717, 1.165) is 0 Å². The smallest absolute Gasteiger partial charge is 0.325 e. The lowest BCUT2D eigenvalue weighted by Gasteiger charge is -2.27. The topological polar surface area (TPSA) is 211 Å². The standard InChI is InChI=1S/C14H26N4O8/c1-5(14(25)26)16-12(23)9(6(2)20)18-13(24)10(7(3)21)17-11(22)8(15)4-19/h5-10,19-21H,4,15H2,1-3H3,(H,16,23)(H,17,22)(H,18,24)(H,25,26)/t5-,6+,7+,8-,9-,10-/m0/s1. The van der Waals surface area contributed by atoms with Crippen LogP contribution in [0.3, 0.4) is 0 Å². The van der Waals surface area contributed by atoms with Gasteiger partial charge in [0.25, 0.3) is 0 Å². The molecule has 0 aliphatic heterocycles. The number of hydrogen-bond donors (Lipinski definition) is 8. The first-order chi connectivity index (χ1) is 11.9. The number of hydrogen-bond acceptors (Lipinski definition) is 8. The van der Waals surface area contributed by atoms with E-state index < -0.39 is 66.7 Å². The first kappa shape index (κ1) is 23.7. The van der Waals surface area contributed by atoms with E-state index in [4.69, 9.17) is 15.9 Å². The number of nitrogens with two attached hydrogens (primary N) is 1. The zero-order chi connectivity index (χ0) is 20.6. The van der Waals surface area contributed by atoms with E-state index in [1.807, 2.05) is 0 Å². The van der Waals surface area contributed by atoms with Crippen LogP contribution in [0, 0.1) is 0 Å². The van der Waals surface area contributed by atoms with Crippen LogP contribution in [0.2, 0.25) is 0 Å². The summed E-state index contributed by atoms with van der Waals surface area (Å²) < 4.78 is 0. The number of amides is 3. The molecule has 9 N–H and O–H groups in total. The van der Waals surface area contributed by atoms with Crippen molar-refractivity contribution in [3.05, 3.63) is 0 Å². The minimum Gasteiger partial charge on any atom is -0.480 e. The molecule has 0 bridgehead atoms. The second-order valence-electron chi connectivity index (χ2n) is 5.81. The molecule has 12 nitrogen and oxygen atoms in total. The minimum atomic E-state index is -1.53. The maximum atomic E-state index is 12.3. The summed E-state index contributed by atoms with van der Waals surface area (Å²) in [7, 11) is 0. The summed E-state index contributed by atoms with van der Waals surface area (Å²) in [4.78, 5) is 46.8. The SMILES string of the molecule is C[C@H](NC(=O)[C@@H](NC(=O)[C@@H](NC(=O)[C@@H](N)CO)[C@@H](C)O)[C@@H](C)O)C(=O)O. The quantitative estimate of drug-likeness (QED) is 0.184. The predicted octanol–water partition coefficient (Wildman–Crippen LogP) is -4.37. The minimum absolute atomic E-state index is 0.689. The van der Waals surface area contributed by atoms with Crippen LogP contribution < -0.4 is 21.7 Å². The van der Waals surface area contributed by atoms with Gasteiger partial charge in [0, 0.05) is 0 Å². The van der Waals surface area contributed by atoms with Crippen molar-refractivity contribution in [3.8, 4) is 0 Å². The molecule has 3 amide bonds. The number of carboxylic acid groups (broad SMARTS) is 1. The van der Waals surface area contributed by atoms with Gasteiger partial charge < -0.3 is 42.1 Å². The fourth-order valence-electron chi connectivity index (χ4n) is 1.76. The lowest BCUT2D eigenvalue weighted by Crippen LogP contribution is -2.61. The first-order valence-electron chi connectivity index (χ1n) is 7.78. The van der Waals surface area contributed by atoms with Crippen molar-refractivity contribution in [3.63, 3.8) is 0 Å². The summed E-state index contributed by atoms with van der Waals surface area (Å²) in [5.74, 6) is -4.21. The van der Waals surface area contributed by atoms with Gasteiger partial charge in [0.2, 0.25) is 17.7 Å². The van der Waals surface area contributed by atoms with E-state index in [-0.39, 0.29) is 0 Å².